The Hall–Kier alpha value is -1.14. The first-order chi connectivity index (χ1) is 9.15. The molecule has 3 N–H and O–H groups in total. The lowest BCUT2D eigenvalue weighted by Gasteiger charge is -2.32. The number of nitrogen functional groups attached to an aromatic ring is 1. The maximum atomic E-state index is 12.3. The van der Waals surface area contributed by atoms with Crippen LogP contribution in [0.1, 0.15) is 41.0 Å². The van der Waals surface area contributed by atoms with Crippen LogP contribution in [0, 0.1) is 6.92 Å². The van der Waals surface area contributed by atoms with E-state index in [0.29, 0.717) is 16.1 Å². The maximum absolute atomic E-state index is 12.3. The molecule has 104 valence electrons. The van der Waals surface area contributed by atoms with E-state index in [4.69, 9.17) is 5.73 Å². The SMILES string of the molecule is Cc1nc(N)sc1C(=O)NC1CCN2CCCCC12. The zero-order valence-corrected chi connectivity index (χ0v) is 12.0. The van der Waals surface area contributed by atoms with E-state index < -0.39 is 0 Å². The Labute approximate surface area is 117 Å². The van der Waals surface area contributed by atoms with Crippen LogP contribution in [0.5, 0.6) is 0 Å². The summed E-state index contributed by atoms with van der Waals surface area (Å²) in [6.45, 7) is 4.13. The van der Waals surface area contributed by atoms with Gasteiger partial charge in [-0.2, -0.15) is 0 Å². The first kappa shape index (κ1) is 12.9. The molecule has 3 heterocycles. The van der Waals surface area contributed by atoms with Crippen molar-refractivity contribution in [3.05, 3.63) is 10.6 Å². The van der Waals surface area contributed by atoms with Crippen molar-refractivity contribution in [1.82, 2.24) is 15.2 Å². The summed E-state index contributed by atoms with van der Waals surface area (Å²) >= 11 is 1.28. The molecular formula is C13H20N4OS. The third kappa shape index (κ3) is 2.47. The Bertz CT molecular complexity index is 487. The van der Waals surface area contributed by atoms with Crippen molar-refractivity contribution in [1.29, 1.82) is 0 Å². The van der Waals surface area contributed by atoms with Gasteiger partial charge >= 0.3 is 0 Å². The van der Waals surface area contributed by atoms with E-state index in [1.54, 1.807) is 0 Å². The maximum Gasteiger partial charge on any atom is 0.263 e. The molecular weight excluding hydrogens is 260 g/mol. The molecule has 2 aliphatic rings. The monoisotopic (exact) mass is 280 g/mol. The van der Waals surface area contributed by atoms with Gasteiger partial charge in [0.15, 0.2) is 5.13 Å². The second kappa shape index (κ2) is 5.09. The number of aryl methyl sites for hydroxylation is 1. The molecule has 5 nitrogen and oxygen atoms in total. The van der Waals surface area contributed by atoms with Crippen LogP contribution in [-0.2, 0) is 0 Å². The van der Waals surface area contributed by atoms with Crippen LogP contribution in [0.25, 0.3) is 0 Å². The van der Waals surface area contributed by atoms with Crippen LogP contribution < -0.4 is 11.1 Å². The quantitative estimate of drug-likeness (QED) is 0.859. The minimum atomic E-state index is -0.0101. The van der Waals surface area contributed by atoms with Crippen molar-refractivity contribution in [2.24, 2.45) is 0 Å². The third-order valence-corrected chi connectivity index (χ3v) is 5.18. The number of rotatable bonds is 2. The van der Waals surface area contributed by atoms with Gasteiger partial charge in [0.1, 0.15) is 4.88 Å². The van der Waals surface area contributed by atoms with Gasteiger partial charge in [-0.1, -0.05) is 17.8 Å². The number of nitrogens with two attached hydrogens (primary N) is 1. The van der Waals surface area contributed by atoms with Gasteiger partial charge in [-0.15, -0.1) is 0 Å². The fourth-order valence-corrected chi connectivity index (χ4v) is 4.01. The highest BCUT2D eigenvalue weighted by Gasteiger charge is 2.36. The van der Waals surface area contributed by atoms with Crippen LogP contribution >= 0.6 is 11.3 Å². The molecule has 2 atom stereocenters. The summed E-state index contributed by atoms with van der Waals surface area (Å²) in [6.07, 6.45) is 4.83. The van der Waals surface area contributed by atoms with Gasteiger partial charge in [0.05, 0.1) is 5.69 Å². The summed E-state index contributed by atoms with van der Waals surface area (Å²) in [4.78, 5) is 19.6. The topological polar surface area (TPSA) is 71.2 Å². The standard InChI is InChI=1S/C13H20N4OS/c1-8-11(19-13(14)15-8)12(18)16-9-5-7-17-6-3-2-4-10(9)17/h9-10H,2-7H2,1H3,(H2,14,15)(H,16,18). The van der Waals surface area contributed by atoms with Gasteiger partial charge in [0.25, 0.3) is 5.91 Å². The molecule has 0 radical (unpaired) electrons. The minimum Gasteiger partial charge on any atom is -0.375 e. The van der Waals surface area contributed by atoms with E-state index >= 15 is 0 Å². The van der Waals surface area contributed by atoms with Gasteiger partial charge in [-0.25, -0.2) is 4.98 Å². The molecule has 2 unspecified atom stereocenters. The average Bonchev–Trinajstić information content (AvgIpc) is 2.94. The van der Waals surface area contributed by atoms with E-state index in [2.05, 4.69) is 15.2 Å². The highest BCUT2D eigenvalue weighted by molar-refractivity contribution is 7.17. The zero-order valence-electron chi connectivity index (χ0n) is 11.2. The number of carbonyl (C=O) groups is 1. The fraction of sp³-hybridized carbons (Fsp3) is 0.692. The normalized spacial score (nSPS) is 27.2. The Morgan fingerprint density at radius 3 is 3.00 bits per heavy atom. The molecule has 0 aromatic carbocycles. The van der Waals surface area contributed by atoms with Crippen molar-refractivity contribution in [2.75, 3.05) is 18.8 Å². The molecule has 0 spiro atoms. The predicted molar refractivity (Wildman–Crippen MR) is 76.3 cm³/mol. The van der Waals surface area contributed by atoms with Gasteiger partial charge in [0, 0.05) is 18.6 Å². The zero-order chi connectivity index (χ0) is 13.4. The fourth-order valence-electron chi connectivity index (χ4n) is 3.28. The molecule has 6 heteroatoms. The summed E-state index contributed by atoms with van der Waals surface area (Å²) in [5, 5.41) is 3.65. The lowest BCUT2D eigenvalue weighted by Crippen LogP contribution is -2.46. The number of fused-ring (bicyclic) bond motifs is 1. The molecule has 3 rings (SSSR count). The molecule has 1 aromatic rings. The van der Waals surface area contributed by atoms with Crippen molar-refractivity contribution in [3.8, 4) is 0 Å². The highest BCUT2D eigenvalue weighted by atomic mass is 32.1. The third-order valence-electron chi connectivity index (χ3n) is 4.19. The molecule has 19 heavy (non-hydrogen) atoms. The van der Waals surface area contributed by atoms with Crippen molar-refractivity contribution >= 4 is 22.4 Å². The first-order valence-corrected chi connectivity index (χ1v) is 7.74. The summed E-state index contributed by atoms with van der Waals surface area (Å²) in [5.74, 6) is -0.0101. The van der Waals surface area contributed by atoms with Gasteiger partial charge in [-0.3, -0.25) is 9.69 Å². The second-order valence-corrected chi connectivity index (χ2v) is 6.47. The Morgan fingerprint density at radius 2 is 2.26 bits per heavy atom. The number of piperidine rings is 1. The Balaban J connectivity index is 1.68. The van der Waals surface area contributed by atoms with Crippen molar-refractivity contribution < 1.29 is 4.79 Å². The summed E-state index contributed by atoms with van der Waals surface area (Å²) in [6, 6.07) is 0.818. The Morgan fingerprint density at radius 1 is 1.42 bits per heavy atom. The number of carbonyl (C=O) groups excluding carboxylic acids is 1. The van der Waals surface area contributed by atoms with Crippen LogP contribution in [0.2, 0.25) is 0 Å². The summed E-state index contributed by atoms with van der Waals surface area (Å²) in [5.41, 5.74) is 6.39. The van der Waals surface area contributed by atoms with Crippen LogP contribution in [0.3, 0.4) is 0 Å². The summed E-state index contributed by atoms with van der Waals surface area (Å²) < 4.78 is 0. The van der Waals surface area contributed by atoms with Crippen LogP contribution in [-0.4, -0.2) is 41.0 Å². The van der Waals surface area contributed by atoms with Crippen LogP contribution in [0.15, 0.2) is 0 Å². The Kier molecular flexibility index (Phi) is 3.45. The molecule has 0 bridgehead atoms. The number of nitrogens with zero attached hydrogens (tertiary/aromatic N) is 2. The average molecular weight is 280 g/mol. The van der Waals surface area contributed by atoms with Crippen LogP contribution in [0.4, 0.5) is 5.13 Å². The lowest BCUT2D eigenvalue weighted by atomic mass is 9.99. The smallest absolute Gasteiger partial charge is 0.263 e. The number of amides is 1. The van der Waals surface area contributed by atoms with Gasteiger partial charge < -0.3 is 11.1 Å². The predicted octanol–water partition coefficient (Wildman–Crippen LogP) is 1.39. The van der Waals surface area contributed by atoms with Gasteiger partial charge in [-0.05, 0) is 32.7 Å². The summed E-state index contributed by atoms with van der Waals surface area (Å²) in [7, 11) is 0. The minimum absolute atomic E-state index is 0.0101. The van der Waals surface area contributed by atoms with E-state index in [1.807, 2.05) is 6.92 Å². The highest BCUT2D eigenvalue weighted by Crippen LogP contribution is 2.28. The largest absolute Gasteiger partial charge is 0.375 e. The van der Waals surface area contributed by atoms with Gasteiger partial charge in [0.2, 0.25) is 0 Å². The number of thiazole rings is 1. The number of aromatic nitrogens is 1. The van der Waals surface area contributed by atoms with E-state index in [9.17, 15) is 4.79 Å². The number of hydrogen-bond donors (Lipinski definition) is 2. The first-order valence-electron chi connectivity index (χ1n) is 6.93. The molecule has 1 amide bonds. The molecule has 1 aromatic heterocycles. The van der Waals surface area contributed by atoms with Crippen molar-refractivity contribution in [3.63, 3.8) is 0 Å². The number of anilines is 1. The lowest BCUT2D eigenvalue weighted by molar-refractivity contribution is 0.0918. The molecule has 2 aliphatic heterocycles. The van der Waals surface area contributed by atoms with Crippen molar-refractivity contribution in [2.45, 2.75) is 44.7 Å². The van der Waals surface area contributed by atoms with E-state index in [1.165, 1.54) is 37.1 Å². The molecule has 0 saturated carbocycles. The molecule has 2 fully saturated rings. The molecule has 0 aliphatic carbocycles. The van der Waals surface area contributed by atoms with E-state index in [0.717, 1.165) is 18.7 Å². The number of nitrogens with one attached hydrogen (secondary N) is 1. The second-order valence-electron chi connectivity index (χ2n) is 5.43. The molecule has 2 saturated heterocycles. The number of hydrogen-bond acceptors (Lipinski definition) is 5. The van der Waals surface area contributed by atoms with E-state index in [-0.39, 0.29) is 11.9 Å².